The van der Waals surface area contributed by atoms with Crippen LogP contribution in [0.5, 0.6) is 5.75 Å². The highest BCUT2D eigenvalue weighted by Gasteiger charge is 2.27. The molecule has 2 N–H and O–H groups in total. The van der Waals surface area contributed by atoms with Crippen molar-refractivity contribution in [3.63, 3.8) is 0 Å². The van der Waals surface area contributed by atoms with Crippen LogP contribution in [0.3, 0.4) is 0 Å². The number of pyridine rings is 1. The van der Waals surface area contributed by atoms with Crippen LogP contribution in [0, 0.1) is 5.92 Å². The quantitative estimate of drug-likeness (QED) is 0.515. The van der Waals surface area contributed by atoms with Gasteiger partial charge in [0.15, 0.2) is 6.61 Å². The molecule has 8 heteroatoms. The van der Waals surface area contributed by atoms with Crippen molar-refractivity contribution in [2.75, 3.05) is 11.9 Å². The first kappa shape index (κ1) is 22.4. The molecule has 3 aromatic rings. The van der Waals surface area contributed by atoms with Gasteiger partial charge in [0.2, 0.25) is 5.91 Å². The lowest BCUT2D eigenvalue weighted by Gasteiger charge is -2.28. The minimum atomic E-state index is -0.173. The Bertz CT molecular complexity index is 1110. The number of nitrogens with one attached hydrogen (secondary N) is 2. The molecule has 1 saturated carbocycles. The number of rotatable bonds is 6. The van der Waals surface area contributed by atoms with Gasteiger partial charge >= 0.3 is 0 Å². The van der Waals surface area contributed by atoms with Gasteiger partial charge in [-0.1, -0.05) is 23.2 Å². The normalized spacial score (nSPS) is 18.2. The molecule has 6 nitrogen and oxygen atoms in total. The Balaban J connectivity index is 1.22. The number of aromatic nitrogens is 1. The molecule has 1 fully saturated rings. The van der Waals surface area contributed by atoms with Crippen molar-refractivity contribution in [2.24, 2.45) is 5.92 Å². The van der Waals surface area contributed by atoms with Gasteiger partial charge in [0, 0.05) is 27.4 Å². The van der Waals surface area contributed by atoms with Crippen LogP contribution in [0.2, 0.25) is 10.0 Å². The van der Waals surface area contributed by atoms with Crippen molar-refractivity contribution in [2.45, 2.75) is 31.7 Å². The van der Waals surface area contributed by atoms with Gasteiger partial charge in [-0.25, -0.2) is 4.98 Å². The predicted molar refractivity (Wildman–Crippen MR) is 126 cm³/mol. The van der Waals surface area contributed by atoms with E-state index in [0.717, 1.165) is 23.7 Å². The maximum absolute atomic E-state index is 12.7. The number of nitrogens with zero attached hydrogens (tertiary/aromatic N) is 1. The van der Waals surface area contributed by atoms with Gasteiger partial charge in [-0.2, -0.15) is 0 Å². The number of hydrogen-bond acceptors (Lipinski definition) is 4. The largest absolute Gasteiger partial charge is 0.484 e. The Morgan fingerprint density at radius 1 is 0.938 bits per heavy atom. The summed E-state index contributed by atoms with van der Waals surface area (Å²) in [6.07, 6.45) is 2.90. The molecular formula is C24H23Cl2N3O3. The Kier molecular flexibility index (Phi) is 7.12. The summed E-state index contributed by atoms with van der Waals surface area (Å²) < 4.78 is 5.48. The van der Waals surface area contributed by atoms with Crippen LogP contribution in [-0.2, 0) is 9.59 Å². The van der Waals surface area contributed by atoms with Gasteiger partial charge in [0.05, 0.1) is 5.52 Å². The number of ether oxygens (including phenoxy) is 1. The first-order valence-electron chi connectivity index (χ1n) is 10.5. The van der Waals surface area contributed by atoms with Crippen molar-refractivity contribution in [1.29, 1.82) is 0 Å². The van der Waals surface area contributed by atoms with Crippen LogP contribution in [0.4, 0.5) is 5.82 Å². The maximum atomic E-state index is 12.7. The fraction of sp³-hybridized carbons (Fsp3) is 0.292. The molecule has 1 heterocycles. The van der Waals surface area contributed by atoms with Crippen LogP contribution in [0.25, 0.3) is 10.9 Å². The standard InChI is InChI=1S/C24H23Cl2N3O3/c25-17-4-9-20(10-5-17)32-14-23(30)27-19-7-1-15(2-8-19)24(31)29-22-12-3-16-13-18(26)6-11-21(16)28-22/h3-6,9-13,15,19H,1-2,7-8,14H2,(H,27,30)(H,28,29,31). The van der Waals surface area contributed by atoms with Crippen LogP contribution in [-0.4, -0.2) is 29.4 Å². The number of benzene rings is 2. The number of fused-ring (bicyclic) bond motifs is 1. The van der Waals surface area contributed by atoms with Crippen molar-refractivity contribution >= 4 is 51.7 Å². The minimum absolute atomic E-state index is 0.0401. The van der Waals surface area contributed by atoms with Crippen molar-refractivity contribution in [1.82, 2.24) is 10.3 Å². The van der Waals surface area contributed by atoms with Gasteiger partial charge in [0.25, 0.3) is 5.91 Å². The van der Waals surface area contributed by atoms with Gasteiger partial charge < -0.3 is 15.4 Å². The van der Waals surface area contributed by atoms with Gasteiger partial charge in [-0.05, 0) is 80.3 Å². The van der Waals surface area contributed by atoms with Crippen molar-refractivity contribution < 1.29 is 14.3 Å². The average Bonchev–Trinajstić information content (AvgIpc) is 2.79. The average molecular weight is 472 g/mol. The maximum Gasteiger partial charge on any atom is 0.258 e. The zero-order chi connectivity index (χ0) is 22.5. The summed E-state index contributed by atoms with van der Waals surface area (Å²) in [5.41, 5.74) is 0.777. The molecule has 32 heavy (non-hydrogen) atoms. The van der Waals surface area contributed by atoms with E-state index in [2.05, 4.69) is 15.6 Å². The summed E-state index contributed by atoms with van der Waals surface area (Å²) in [6, 6.07) is 16.0. The van der Waals surface area contributed by atoms with E-state index in [-0.39, 0.29) is 30.4 Å². The molecule has 0 aliphatic heterocycles. The van der Waals surface area contributed by atoms with E-state index < -0.39 is 0 Å². The molecule has 1 aliphatic carbocycles. The molecule has 2 amide bonds. The topological polar surface area (TPSA) is 80.3 Å². The molecular weight excluding hydrogens is 449 g/mol. The summed E-state index contributed by atoms with van der Waals surface area (Å²) in [4.78, 5) is 29.3. The fourth-order valence-corrected chi connectivity index (χ4v) is 4.15. The van der Waals surface area contributed by atoms with Gasteiger partial charge in [-0.15, -0.1) is 0 Å². The third kappa shape index (κ3) is 5.90. The number of anilines is 1. The lowest BCUT2D eigenvalue weighted by Crippen LogP contribution is -2.41. The molecule has 0 unspecified atom stereocenters. The van der Waals surface area contributed by atoms with Crippen LogP contribution in [0.15, 0.2) is 54.6 Å². The number of halogens is 2. The summed E-state index contributed by atoms with van der Waals surface area (Å²) in [5.74, 6) is 0.807. The lowest BCUT2D eigenvalue weighted by molar-refractivity contribution is -0.124. The van der Waals surface area contributed by atoms with Crippen LogP contribution < -0.4 is 15.4 Å². The number of carbonyl (C=O) groups is 2. The monoisotopic (exact) mass is 471 g/mol. The second-order valence-corrected chi connectivity index (χ2v) is 8.75. The highest BCUT2D eigenvalue weighted by Crippen LogP contribution is 2.26. The van der Waals surface area contributed by atoms with E-state index in [4.69, 9.17) is 27.9 Å². The molecule has 0 radical (unpaired) electrons. The lowest BCUT2D eigenvalue weighted by atomic mass is 9.85. The number of carbonyl (C=O) groups excluding carboxylic acids is 2. The second kappa shape index (κ2) is 10.2. The molecule has 0 saturated heterocycles. The SMILES string of the molecule is O=C(COc1ccc(Cl)cc1)NC1CCC(C(=O)Nc2ccc3cc(Cl)ccc3n2)CC1. The Hall–Kier alpha value is -2.83. The van der Waals surface area contributed by atoms with Crippen LogP contribution in [0.1, 0.15) is 25.7 Å². The van der Waals surface area contributed by atoms with Crippen molar-refractivity contribution in [3.8, 4) is 5.75 Å². The number of amides is 2. The zero-order valence-electron chi connectivity index (χ0n) is 17.3. The molecule has 0 atom stereocenters. The zero-order valence-corrected chi connectivity index (χ0v) is 18.8. The van der Waals surface area contributed by atoms with E-state index in [1.54, 1.807) is 36.4 Å². The summed E-state index contributed by atoms with van der Waals surface area (Å²) >= 11 is 11.8. The van der Waals surface area contributed by atoms with E-state index in [9.17, 15) is 9.59 Å². The third-order valence-corrected chi connectivity index (χ3v) is 6.04. The molecule has 1 aliphatic rings. The van der Waals surface area contributed by atoms with E-state index in [1.165, 1.54) is 0 Å². The van der Waals surface area contributed by atoms with Gasteiger partial charge in [0.1, 0.15) is 11.6 Å². The molecule has 4 rings (SSSR count). The highest BCUT2D eigenvalue weighted by atomic mass is 35.5. The first-order chi connectivity index (χ1) is 15.5. The molecule has 1 aromatic heterocycles. The van der Waals surface area contributed by atoms with Crippen LogP contribution >= 0.6 is 23.2 Å². The molecule has 0 bridgehead atoms. The van der Waals surface area contributed by atoms with Crippen molar-refractivity contribution in [3.05, 3.63) is 64.6 Å². The van der Waals surface area contributed by atoms with E-state index in [1.807, 2.05) is 18.2 Å². The van der Waals surface area contributed by atoms with Gasteiger partial charge in [-0.3, -0.25) is 9.59 Å². The molecule has 0 spiro atoms. The third-order valence-electron chi connectivity index (χ3n) is 5.55. The Labute approximate surface area is 196 Å². The minimum Gasteiger partial charge on any atom is -0.484 e. The van der Waals surface area contributed by atoms with E-state index in [0.29, 0.717) is 34.5 Å². The highest BCUT2D eigenvalue weighted by molar-refractivity contribution is 6.31. The molecule has 2 aromatic carbocycles. The summed E-state index contributed by atoms with van der Waals surface area (Å²) in [6.45, 7) is -0.0547. The second-order valence-electron chi connectivity index (χ2n) is 7.88. The number of hydrogen-bond donors (Lipinski definition) is 2. The summed E-state index contributed by atoms with van der Waals surface area (Å²) in [7, 11) is 0. The smallest absolute Gasteiger partial charge is 0.258 e. The summed E-state index contributed by atoms with van der Waals surface area (Å²) in [5, 5.41) is 8.09. The first-order valence-corrected chi connectivity index (χ1v) is 11.3. The predicted octanol–water partition coefficient (Wildman–Crippen LogP) is 5.23. The Morgan fingerprint density at radius 3 is 2.41 bits per heavy atom. The fourth-order valence-electron chi connectivity index (χ4n) is 3.84. The Morgan fingerprint density at radius 2 is 1.66 bits per heavy atom. The van der Waals surface area contributed by atoms with E-state index >= 15 is 0 Å². The molecule has 166 valence electrons.